The van der Waals surface area contributed by atoms with Gasteiger partial charge in [-0.05, 0) is 34.9 Å². The van der Waals surface area contributed by atoms with E-state index in [1.165, 1.54) is 0 Å². The zero-order valence-corrected chi connectivity index (χ0v) is 8.67. The minimum atomic E-state index is 0.267. The number of hydrogen-bond donors (Lipinski definition) is 2. The van der Waals surface area contributed by atoms with Crippen molar-refractivity contribution in [2.24, 2.45) is 10.9 Å². The van der Waals surface area contributed by atoms with Crippen LogP contribution in [0.15, 0.2) is 53.6 Å². The maximum Gasteiger partial charge on any atom is 0.115 e. The first kappa shape index (κ1) is 10.2. The molecule has 0 spiro atoms. The number of hydrazone groups is 1. The minimum absolute atomic E-state index is 0.267. The van der Waals surface area contributed by atoms with Gasteiger partial charge in [0.25, 0.3) is 0 Å². The first-order valence-electron chi connectivity index (χ1n) is 4.92. The summed E-state index contributed by atoms with van der Waals surface area (Å²) in [6.07, 6.45) is 1.60. The number of nitrogens with two attached hydrogens (primary N) is 1. The van der Waals surface area contributed by atoms with Gasteiger partial charge in [-0.2, -0.15) is 5.10 Å². The second kappa shape index (κ2) is 4.49. The monoisotopic (exact) mass is 212 g/mol. The summed E-state index contributed by atoms with van der Waals surface area (Å²) in [6.45, 7) is 0. The van der Waals surface area contributed by atoms with Crippen molar-refractivity contribution in [1.82, 2.24) is 0 Å². The maximum absolute atomic E-state index is 9.20. The van der Waals surface area contributed by atoms with Gasteiger partial charge in [-0.15, -0.1) is 0 Å². The summed E-state index contributed by atoms with van der Waals surface area (Å²) in [6, 6.07) is 14.9. The molecule has 0 atom stereocenters. The number of benzene rings is 2. The van der Waals surface area contributed by atoms with Crippen LogP contribution >= 0.6 is 0 Å². The van der Waals surface area contributed by atoms with E-state index in [2.05, 4.69) is 5.10 Å². The molecule has 0 aliphatic heterocycles. The quantitative estimate of drug-likeness (QED) is 0.456. The molecule has 0 heterocycles. The summed E-state index contributed by atoms with van der Waals surface area (Å²) >= 11 is 0. The highest BCUT2D eigenvalue weighted by Gasteiger charge is 1.98. The molecule has 2 rings (SSSR count). The zero-order chi connectivity index (χ0) is 11.4. The number of hydrogen-bond acceptors (Lipinski definition) is 3. The van der Waals surface area contributed by atoms with Crippen LogP contribution in [0, 0.1) is 0 Å². The Morgan fingerprint density at radius 2 is 1.75 bits per heavy atom. The number of nitrogens with zero attached hydrogens (tertiary/aromatic N) is 1. The molecule has 2 aromatic rings. The second-order valence-electron chi connectivity index (χ2n) is 3.45. The SMILES string of the molecule is NN=Cc1cccc(-c2ccc(O)cc2)c1. The lowest BCUT2D eigenvalue weighted by molar-refractivity contribution is 0.475. The normalized spacial score (nSPS) is 10.8. The Balaban J connectivity index is 2.40. The van der Waals surface area contributed by atoms with E-state index in [0.717, 1.165) is 16.7 Å². The second-order valence-corrected chi connectivity index (χ2v) is 3.45. The predicted molar refractivity (Wildman–Crippen MR) is 65.3 cm³/mol. The van der Waals surface area contributed by atoms with E-state index < -0.39 is 0 Å². The fourth-order valence-corrected chi connectivity index (χ4v) is 1.54. The van der Waals surface area contributed by atoms with Gasteiger partial charge in [-0.3, -0.25) is 0 Å². The van der Waals surface area contributed by atoms with Crippen molar-refractivity contribution in [2.75, 3.05) is 0 Å². The summed E-state index contributed by atoms with van der Waals surface area (Å²) < 4.78 is 0. The van der Waals surface area contributed by atoms with Crippen LogP contribution in [0.25, 0.3) is 11.1 Å². The van der Waals surface area contributed by atoms with Crippen molar-refractivity contribution in [2.45, 2.75) is 0 Å². The molecule has 0 saturated carbocycles. The molecule has 0 fully saturated rings. The van der Waals surface area contributed by atoms with Crippen LogP contribution < -0.4 is 5.84 Å². The number of aromatic hydroxyl groups is 1. The molecule has 0 unspecified atom stereocenters. The summed E-state index contributed by atoms with van der Waals surface area (Å²) in [7, 11) is 0. The molecule has 0 bridgehead atoms. The predicted octanol–water partition coefficient (Wildman–Crippen LogP) is 2.35. The molecular weight excluding hydrogens is 200 g/mol. The fraction of sp³-hybridized carbons (Fsp3) is 0. The highest BCUT2D eigenvalue weighted by Crippen LogP contribution is 2.22. The molecule has 16 heavy (non-hydrogen) atoms. The first-order valence-corrected chi connectivity index (χ1v) is 4.92. The molecule has 0 amide bonds. The van der Waals surface area contributed by atoms with Gasteiger partial charge in [-0.1, -0.05) is 30.3 Å². The third-order valence-electron chi connectivity index (χ3n) is 2.31. The first-order chi connectivity index (χ1) is 7.79. The lowest BCUT2D eigenvalue weighted by Gasteiger charge is -2.02. The molecule has 0 aliphatic rings. The molecule has 0 aliphatic carbocycles. The standard InChI is InChI=1S/C13H12N2O/c14-15-9-10-2-1-3-12(8-10)11-4-6-13(16)7-5-11/h1-9,16H,14H2. The largest absolute Gasteiger partial charge is 0.508 e. The molecule has 3 nitrogen and oxygen atoms in total. The van der Waals surface area contributed by atoms with Crippen LogP contribution in [-0.4, -0.2) is 11.3 Å². The van der Waals surface area contributed by atoms with Crippen LogP contribution in [0.2, 0.25) is 0 Å². The van der Waals surface area contributed by atoms with Gasteiger partial charge in [0.2, 0.25) is 0 Å². The van der Waals surface area contributed by atoms with Gasteiger partial charge in [0.1, 0.15) is 5.75 Å². The van der Waals surface area contributed by atoms with Gasteiger partial charge in [0, 0.05) is 0 Å². The van der Waals surface area contributed by atoms with Crippen molar-refractivity contribution in [1.29, 1.82) is 0 Å². The molecule has 2 aromatic carbocycles. The summed E-state index contributed by atoms with van der Waals surface area (Å²) in [5, 5.41) is 12.7. The number of phenols is 1. The van der Waals surface area contributed by atoms with Crippen LogP contribution in [-0.2, 0) is 0 Å². The van der Waals surface area contributed by atoms with Gasteiger partial charge in [0.15, 0.2) is 0 Å². The van der Waals surface area contributed by atoms with E-state index in [1.54, 1.807) is 18.3 Å². The summed E-state index contributed by atoms with van der Waals surface area (Å²) in [5.74, 6) is 5.37. The van der Waals surface area contributed by atoms with E-state index in [9.17, 15) is 5.11 Å². The van der Waals surface area contributed by atoms with Crippen molar-refractivity contribution in [3.8, 4) is 16.9 Å². The van der Waals surface area contributed by atoms with E-state index >= 15 is 0 Å². The van der Waals surface area contributed by atoms with Gasteiger partial charge in [0.05, 0.1) is 6.21 Å². The van der Waals surface area contributed by atoms with Gasteiger partial charge in [-0.25, -0.2) is 0 Å². The van der Waals surface area contributed by atoms with Crippen LogP contribution in [0.4, 0.5) is 0 Å². The average Bonchev–Trinajstić information content (AvgIpc) is 2.31. The Morgan fingerprint density at radius 1 is 1.00 bits per heavy atom. The van der Waals surface area contributed by atoms with Crippen molar-refractivity contribution in [3.05, 3.63) is 54.1 Å². The summed E-state index contributed by atoms with van der Waals surface area (Å²) in [5.41, 5.74) is 3.07. The van der Waals surface area contributed by atoms with Crippen LogP contribution in [0.1, 0.15) is 5.56 Å². The van der Waals surface area contributed by atoms with E-state index in [0.29, 0.717) is 0 Å². The maximum atomic E-state index is 9.20. The Labute approximate surface area is 93.9 Å². The van der Waals surface area contributed by atoms with Crippen LogP contribution in [0.3, 0.4) is 0 Å². The van der Waals surface area contributed by atoms with Crippen molar-refractivity contribution in [3.63, 3.8) is 0 Å². The Hall–Kier alpha value is -2.29. The number of phenolic OH excluding ortho intramolecular Hbond substituents is 1. The smallest absolute Gasteiger partial charge is 0.115 e. The van der Waals surface area contributed by atoms with Crippen molar-refractivity contribution >= 4 is 6.21 Å². The average molecular weight is 212 g/mol. The highest BCUT2D eigenvalue weighted by atomic mass is 16.3. The fourth-order valence-electron chi connectivity index (χ4n) is 1.54. The van der Waals surface area contributed by atoms with E-state index in [-0.39, 0.29) is 5.75 Å². The van der Waals surface area contributed by atoms with E-state index in [4.69, 9.17) is 5.84 Å². The van der Waals surface area contributed by atoms with Gasteiger partial charge >= 0.3 is 0 Å². The Morgan fingerprint density at radius 3 is 2.44 bits per heavy atom. The lowest BCUT2D eigenvalue weighted by Crippen LogP contribution is -1.87. The van der Waals surface area contributed by atoms with Gasteiger partial charge < -0.3 is 10.9 Å². The summed E-state index contributed by atoms with van der Waals surface area (Å²) in [4.78, 5) is 0. The third-order valence-corrected chi connectivity index (χ3v) is 2.31. The minimum Gasteiger partial charge on any atom is -0.508 e. The molecule has 3 N–H and O–H groups in total. The Kier molecular flexibility index (Phi) is 2.87. The van der Waals surface area contributed by atoms with Crippen molar-refractivity contribution < 1.29 is 5.11 Å². The van der Waals surface area contributed by atoms with E-state index in [1.807, 2.05) is 36.4 Å². The highest BCUT2D eigenvalue weighted by molar-refractivity contribution is 5.82. The van der Waals surface area contributed by atoms with Crippen LogP contribution in [0.5, 0.6) is 5.75 Å². The Bertz CT molecular complexity index is 504. The lowest BCUT2D eigenvalue weighted by atomic mass is 10.0. The molecule has 0 radical (unpaired) electrons. The topological polar surface area (TPSA) is 58.6 Å². The molecule has 80 valence electrons. The number of rotatable bonds is 2. The molecule has 0 saturated heterocycles. The zero-order valence-electron chi connectivity index (χ0n) is 8.67. The molecule has 3 heteroatoms. The third kappa shape index (κ3) is 2.20. The molecular formula is C13H12N2O. The molecule has 0 aromatic heterocycles.